The number of carbonyl (C=O) groups is 2. The van der Waals surface area contributed by atoms with Crippen molar-refractivity contribution in [2.24, 2.45) is 0 Å². The number of nitrogens with one attached hydrogen (secondary N) is 2. The summed E-state index contributed by atoms with van der Waals surface area (Å²) in [4.78, 5) is 22.1. The van der Waals surface area contributed by atoms with E-state index in [2.05, 4.69) is 60.7 Å². The van der Waals surface area contributed by atoms with E-state index >= 15 is 0 Å². The molecule has 6 heteroatoms. The van der Waals surface area contributed by atoms with Gasteiger partial charge in [-0.3, -0.25) is 14.9 Å². The fourth-order valence-corrected chi connectivity index (χ4v) is 3.17. The second-order valence-corrected chi connectivity index (χ2v) is 6.82. The largest absolute Gasteiger partial charge is 0.309 e. The normalized spacial score (nSPS) is 14.8. The monoisotopic (exact) mass is 422 g/mol. The van der Waals surface area contributed by atoms with Crippen molar-refractivity contribution in [2.75, 3.05) is 0 Å². The molecule has 4 rings (SSSR count). The third kappa shape index (κ3) is 3.14. The standard InChI is InChI=1S/C8H4BrNO2.C8H8BrN/c9-4-1-2-5-6(3-4)8(12)10-7(5)11;9-8-2-1-6-4-10-5-7(6)3-8/h1-3H,(H,10,11,12);1-3,10H,4-5H2. The van der Waals surface area contributed by atoms with Crippen molar-refractivity contribution in [3.05, 3.63) is 67.6 Å². The highest BCUT2D eigenvalue weighted by atomic mass is 79.9. The van der Waals surface area contributed by atoms with E-state index in [4.69, 9.17) is 0 Å². The summed E-state index contributed by atoms with van der Waals surface area (Å²) < 4.78 is 1.97. The topological polar surface area (TPSA) is 58.2 Å². The molecule has 2 amide bonds. The minimum Gasteiger partial charge on any atom is -0.309 e. The zero-order valence-corrected chi connectivity index (χ0v) is 14.6. The van der Waals surface area contributed by atoms with Crippen LogP contribution in [0.25, 0.3) is 0 Å². The van der Waals surface area contributed by atoms with E-state index in [1.54, 1.807) is 18.2 Å². The van der Waals surface area contributed by atoms with Crippen LogP contribution < -0.4 is 10.6 Å². The number of fused-ring (bicyclic) bond motifs is 2. The van der Waals surface area contributed by atoms with Crippen molar-refractivity contribution in [3.8, 4) is 0 Å². The molecule has 2 heterocycles. The number of rotatable bonds is 0. The van der Waals surface area contributed by atoms with Gasteiger partial charge < -0.3 is 5.32 Å². The summed E-state index contributed by atoms with van der Waals surface area (Å²) in [5, 5.41) is 5.50. The molecule has 2 aliphatic rings. The number of hydrogen-bond donors (Lipinski definition) is 2. The van der Waals surface area contributed by atoms with E-state index in [0.29, 0.717) is 11.1 Å². The van der Waals surface area contributed by atoms with Crippen molar-refractivity contribution in [3.63, 3.8) is 0 Å². The van der Waals surface area contributed by atoms with Gasteiger partial charge in [0, 0.05) is 22.0 Å². The van der Waals surface area contributed by atoms with E-state index < -0.39 is 0 Å². The predicted molar refractivity (Wildman–Crippen MR) is 90.6 cm³/mol. The summed E-state index contributed by atoms with van der Waals surface area (Å²) in [6.07, 6.45) is 0. The van der Waals surface area contributed by atoms with Crippen molar-refractivity contribution in [1.82, 2.24) is 10.6 Å². The van der Waals surface area contributed by atoms with Gasteiger partial charge in [0.2, 0.25) is 0 Å². The highest BCUT2D eigenvalue weighted by Crippen LogP contribution is 2.20. The van der Waals surface area contributed by atoms with Gasteiger partial charge in [0.1, 0.15) is 0 Å². The van der Waals surface area contributed by atoms with Crippen LogP contribution in [0.1, 0.15) is 31.8 Å². The van der Waals surface area contributed by atoms with Crippen LogP contribution in [0.15, 0.2) is 45.3 Å². The third-order valence-corrected chi connectivity index (χ3v) is 4.48. The molecule has 0 atom stereocenters. The first-order valence-corrected chi connectivity index (χ1v) is 8.26. The Morgan fingerprint density at radius 1 is 0.773 bits per heavy atom. The van der Waals surface area contributed by atoms with Crippen LogP contribution in [0, 0.1) is 0 Å². The van der Waals surface area contributed by atoms with Crippen molar-refractivity contribution in [1.29, 1.82) is 0 Å². The molecular weight excluding hydrogens is 412 g/mol. The van der Waals surface area contributed by atoms with E-state index in [1.807, 2.05) is 0 Å². The SMILES string of the molecule is Brc1ccc2c(c1)CNC2.O=C1NC(=O)c2cc(Br)ccc21. The Hall–Kier alpha value is -1.50. The van der Waals surface area contributed by atoms with Gasteiger partial charge in [-0.2, -0.15) is 0 Å². The number of imide groups is 1. The molecule has 4 nitrogen and oxygen atoms in total. The molecule has 2 aromatic carbocycles. The van der Waals surface area contributed by atoms with Crippen molar-refractivity contribution in [2.45, 2.75) is 13.1 Å². The number of amides is 2. The number of benzene rings is 2. The van der Waals surface area contributed by atoms with Gasteiger partial charge in [0.15, 0.2) is 0 Å². The maximum atomic E-state index is 11.1. The fraction of sp³-hybridized carbons (Fsp3) is 0.125. The molecule has 0 aromatic heterocycles. The van der Waals surface area contributed by atoms with Crippen LogP contribution in [0.3, 0.4) is 0 Å². The zero-order valence-electron chi connectivity index (χ0n) is 11.5. The van der Waals surface area contributed by atoms with Crippen LogP contribution in [0.4, 0.5) is 0 Å². The van der Waals surface area contributed by atoms with Gasteiger partial charge >= 0.3 is 0 Å². The molecule has 2 N–H and O–H groups in total. The first-order valence-electron chi connectivity index (χ1n) is 6.68. The average Bonchev–Trinajstić information content (AvgIpc) is 3.04. The first-order chi connectivity index (χ1) is 10.5. The lowest BCUT2D eigenvalue weighted by molar-refractivity contribution is 0.0879. The Kier molecular flexibility index (Phi) is 4.42. The molecule has 0 bridgehead atoms. The van der Waals surface area contributed by atoms with E-state index in [9.17, 15) is 9.59 Å². The van der Waals surface area contributed by atoms with Crippen LogP contribution in [0.2, 0.25) is 0 Å². The quantitative estimate of drug-likeness (QED) is 0.638. The van der Waals surface area contributed by atoms with Gasteiger partial charge in [-0.05, 0) is 41.5 Å². The lowest BCUT2D eigenvalue weighted by Gasteiger charge is -1.95. The molecule has 0 radical (unpaired) electrons. The van der Waals surface area contributed by atoms with Gasteiger partial charge in [-0.25, -0.2) is 0 Å². The second-order valence-electron chi connectivity index (χ2n) is 4.99. The smallest absolute Gasteiger partial charge is 0.258 e. The summed E-state index contributed by atoms with van der Waals surface area (Å²) in [5.74, 6) is -0.640. The molecule has 0 aliphatic carbocycles. The Balaban J connectivity index is 0.000000133. The molecule has 2 aromatic rings. The minimum atomic E-state index is -0.323. The highest BCUT2D eigenvalue weighted by molar-refractivity contribution is 9.10. The third-order valence-electron chi connectivity index (χ3n) is 3.50. The zero-order chi connectivity index (χ0) is 15.7. The molecule has 2 aliphatic heterocycles. The highest BCUT2D eigenvalue weighted by Gasteiger charge is 2.26. The Morgan fingerprint density at radius 2 is 1.41 bits per heavy atom. The fourth-order valence-electron chi connectivity index (χ4n) is 2.40. The maximum absolute atomic E-state index is 11.1. The van der Waals surface area contributed by atoms with Crippen LogP contribution in [0.5, 0.6) is 0 Å². The molecule has 112 valence electrons. The Morgan fingerprint density at radius 3 is 2.23 bits per heavy atom. The summed E-state index contributed by atoms with van der Waals surface area (Å²) in [6.45, 7) is 2.05. The van der Waals surface area contributed by atoms with Crippen molar-refractivity contribution >= 4 is 43.7 Å². The Labute approximate surface area is 144 Å². The van der Waals surface area contributed by atoms with Crippen molar-refractivity contribution < 1.29 is 9.59 Å². The molecule has 0 unspecified atom stereocenters. The summed E-state index contributed by atoms with van der Waals surface area (Å²) in [7, 11) is 0. The number of halogens is 2. The van der Waals surface area contributed by atoms with E-state index in [0.717, 1.165) is 17.6 Å². The van der Waals surface area contributed by atoms with Gasteiger partial charge in [0.05, 0.1) is 11.1 Å². The predicted octanol–water partition coefficient (Wildman–Crippen LogP) is 3.39. The maximum Gasteiger partial charge on any atom is 0.258 e. The molecule has 0 spiro atoms. The second kappa shape index (κ2) is 6.32. The Bertz CT molecular complexity index is 775. The van der Waals surface area contributed by atoms with Crippen LogP contribution in [-0.2, 0) is 13.1 Å². The number of hydrogen-bond acceptors (Lipinski definition) is 3. The van der Waals surface area contributed by atoms with Crippen LogP contribution in [-0.4, -0.2) is 11.8 Å². The van der Waals surface area contributed by atoms with Gasteiger partial charge in [-0.1, -0.05) is 37.9 Å². The molecule has 0 saturated heterocycles. The summed E-state index contributed by atoms with van der Waals surface area (Å²) in [6, 6.07) is 11.4. The van der Waals surface area contributed by atoms with Crippen LogP contribution >= 0.6 is 31.9 Å². The first kappa shape index (κ1) is 15.4. The molecule has 0 fully saturated rings. The van der Waals surface area contributed by atoms with Gasteiger partial charge in [0.25, 0.3) is 11.8 Å². The van der Waals surface area contributed by atoms with E-state index in [-0.39, 0.29) is 11.8 Å². The lowest BCUT2D eigenvalue weighted by atomic mass is 10.1. The molecule has 0 saturated carbocycles. The molecule has 22 heavy (non-hydrogen) atoms. The summed E-state index contributed by atoms with van der Waals surface area (Å²) >= 11 is 6.66. The lowest BCUT2D eigenvalue weighted by Crippen LogP contribution is -2.19. The van der Waals surface area contributed by atoms with E-state index in [1.165, 1.54) is 15.6 Å². The number of carbonyl (C=O) groups excluding carboxylic acids is 2. The molecular formula is C16H12Br2N2O2. The average molecular weight is 424 g/mol. The van der Waals surface area contributed by atoms with Gasteiger partial charge in [-0.15, -0.1) is 0 Å². The summed E-state index contributed by atoms with van der Waals surface area (Å²) in [5.41, 5.74) is 3.75. The minimum absolute atomic E-state index is 0.317.